The summed E-state index contributed by atoms with van der Waals surface area (Å²) in [6.07, 6.45) is 4.00. The molecule has 2 fully saturated rings. The van der Waals surface area contributed by atoms with E-state index in [1.807, 2.05) is 37.3 Å². The van der Waals surface area contributed by atoms with Crippen LogP contribution in [0.2, 0.25) is 0 Å². The summed E-state index contributed by atoms with van der Waals surface area (Å²) in [5.74, 6) is -5.83. The van der Waals surface area contributed by atoms with Crippen molar-refractivity contribution in [1.29, 1.82) is 0 Å². The Morgan fingerprint density at radius 2 is 1.12 bits per heavy atom. The highest BCUT2D eigenvalue weighted by molar-refractivity contribution is 5.80. The highest BCUT2D eigenvalue weighted by atomic mass is 16.7. The van der Waals surface area contributed by atoms with Gasteiger partial charge in [-0.2, -0.15) is 0 Å². The number of methoxy groups -OCH3 is 1. The van der Waals surface area contributed by atoms with Gasteiger partial charge in [0.25, 0.3) is 0 Å². The Balaban J connectivity index is 1.80. The van der Waals surface area contributed by atoms with Gasteiger partial charge in [0.1, 0.15) is 12.2 Å². The highest BCUT2D eigenvalue weighted by Gasteiger charge is 2.51. The lowest BCUT2D eigenvalue weighted by Gasteiger charge is -2.46. The number of esters is 1. The molecule has 0 saturated carbocycles. The average molecular weight is 1200 g/mol. The Labute approximate surface area is 495 Å². The van der Waals surface area contributed by atoms with Crippen molar-refractivity contribution < 1.29 is 108 Å². The number of fused-ring (bicyclic) bond motifs is 2. The Hall–Kier alpha value is -3.68. The van der Waals surface area contributed by atoms with E-state index in [1.165, 1.54) is 0 Å². The number of aliphatic hydroxyl groups excluding tert-OH is 9. The van der Waals surface area contributed by atoms with Crippen molar-refractivity contribution in [2.24, 2.45) is 23.5 Å². The third-order valence-corrected chi connectivity index (χ3v) is 14.5. The summed E-state index contributed by atoms with van der Waals surface area (Å²) >= 11 is 0. The summed E-state index contributed by atoms with van der Waals surface area (Å²) in [5, 5.41) is 114. The maximum absolute atomic E-state index is 14.1. The van der Waals surface area contributed by atoms with E-state index >= 15 is 0 Å². The maximum atomic E-state index is 14.1. The topological polar surface area (TPSA) is 367 Å². The SMILES string of the molecule is COCCOCCOCCOCCOCCOCCNC(=O)[C@H]1[C@@H]2C[C@@H](O[C@@H]3O[C@H](C)[C@@H](O)[C@H](N)[C@@H]3O)C=CC=CC=CC=CC=CC=CC=C[C@H](C)[C@@H](O)[C@@H](C)[C@H](C)OC(=O)C[C@H](O)C[C@H](O)CC[C@@H](O)[C@H](O)C[C@H](O)C[C@](O)(C[C@@H]1O)O2. The zero-order chi connectivity index (χ0) is 61.9. The van der Waals surface area contributed by atoms with E-state index in [0.717, 1.165) is 0 Å². The average Bonchev–Trinajstić information content (AvgIpc) is 2.87. The van der Waals surface area contributed by atoms with Gasteiger partial charge in [-0.1, -0.05) is 98.9 Å². The van der Waals surface area contributed by atoms with E-state index in [0.29, 0.717) is 52.9 Å². The molecule has 3 aliphatic heterocycles. The molecular formula is C60H100N2O22. The third-order valence-electron chi connectivity index (χ3n) is 14.5. The van der Waals surface area contributed by atoms with Gasteiger partial charge in [0.2, 0.25) is 5.91 Å². The normalized spacial score (nSPS) is 35.2. The van der Waals surface area contributed by atoms with E-state index < -0.39 is 147 Å². The first-order valence-electron chi connectivity index (χ1n) is 29.3. The monoisotopic (exact) mass is 1200 g/mol. The zero-order valence-electron chi connectivity index (χ0n) is 49.6. The molecular weight excluding hydrogens is 1100 g/mol. The Morgan fingerprint density at radius 1 is 0.595 bits per heavy atom. The lowest BCUT2D eigenvalue weighted by atomic mass is 9.82. The predicted octanol–water partition coefficient (Wildman–Crippen LogP) is 0.473. The van der Waals surface area contributed by atoms with Gasteiger partial charge in [-0.15, -0.1) is 0 Å². The molecule has 84 heavy (non-hydrogen) atoms. The van der Waals surface area contributed by atoms with Crippen molar-refractivity contribution in [2.75, 3.05) is 86.3 Å². The number of nitrogens with two attached hydrogens (primary N) is 1. The molecule has 482 valence electrons. The van der Waals surface area contributed by atoms with E-state index in [9.17, 15) is 60.7 Å². The summed E-state index contributed by atoms with van der Waals surface area (Å²) in [7, 11) is 1.60. The Bertz CT molecular complexity index is 2010. The van der Waals surface area contributed by atoms with Gasteiger partial charge in [0.15, 0.2) is 12.1 Å². The second-order valence-electron chi connectivity index (χ2n) is 21.6. The second kappa shape index (κ2) is 42.2. The number of hydrogen-bond donors (Lipinski definition) is 12. The molecule has 0 aromatic rings. The summed E-state index contributed by atoms with van der Waals surface area (Å²) in [6.45, 7) is 10.7. The van der Waals surface area contributed by atoms with Crippen LogP contribution in [0.25, 0.3) is 0 Å². The van der Waals surface area contributed by atoms with Crippen LogP contribution in [0.5, 0.6) is 0 Å². The molecule has 0 aromatic carbocycles. The number of amides is 1. The van der Waals surface area contributed by atoms with E-state index in [4.69, 9.17) is 53.1 Å². The number of rotatable bonds is 21. The fourth-order valence-electron chi connectivity index (χ4n) is 9.48. The highest BCUT2D eigenvalue weighted by Crippen LogP contribution is 2.38. The quantitative estimate of drug-likeness (QED) is 0.0549. The number of cyclic esters (lactones) is 1. The summed E-state index contributed by atoms with van der Waals surface area (Å²) < 4.78 is 56.3. The minimum atomic E-state index is -2.32. The molecule has 24 nitrogen and oxygen atoms in total. The van der Waals surface area contributed by atoms with Gasteiger partial charge in [0, 0.05) is 51.2 Å². The van der Waals surface area contributed by atoms with Gasteiger partial charge >= 0.3 is 5.97 Å². The molecule has 3 heterocycles. The minimum absolute atomic E-state index is 0.00773. The first kappa shape index (κ1) is 74.6. The minimum Gasteiger partial charge on any atom is -0.462 e. The number of nitrogens with one attached hydrogen (secondary N) is 1. The fraction of sp³-hybridized carbons (Fsp3) is 0.733. The Morgan fingerprint density at radius 3 is 1.68 bits per heavy atom. The number of ether oxygens (including phenoxy) is 10. The van der Waals surface area contributed by atoms with Gasteiger partial charge in [0.05, 0.1) is 158 Å². The predicted molar refractivity (Wildman–Crippen MR) is 308 cm³/mol. The van der Waals surface area contributed by atoms with E-state index in [2.05, 4.69) is 5.32 Å². The number of carbonyl (C=O) groups is 2. The molecule has 2 saturated heterocycles. The third kappa shape index (κ3) is 29.8. The van der Waals surface area contributed by atoms with Crippen LogP contribution in [0.3, 0.4) is 0 Å². The summed E-state index contributed by atoms with van der Waals surface area (Å²) in [5.41, 5.74) is 6.15. The van der Waals surface area contributed by atoms with Gasteiger partial charge in [-0.05, 0) is 33.1 Å². The molecule has 0 aromatic heterocycles. The van der Waals surface area contributed by atoms with Crippen molar-refractivity contribution in [3.8, 4) is 0 Å². The van der Waals surface area contributed by atoms with Crippen molar-refractivity contribution >= 4 is 11.9 Å². The molecule has 3 aliphatic rings. The number of allylic oxidation sites excluding steroid dienone is 12. The molecule has 19 atom stereocenters. The lowest BCUT2D eigenvalue weighted by molar-refractivity contribution is -0.307. The summed E-state index contributed by atoms with van der Waals surface area (Å²) in [6, 6.07) is -1.16. The van der Waals surface area contributed by atoms with Crippen LogP contribution in [0, 0.1) is 17.8 Å². The molecule has 0 unspecified atom stereocenters. The van der Waals surface area contributed by atoms with Gasteiger partial charge in [-0.3, -0.25) is 9.59 Å². The van der Waals surface area contributed by atoms with E-state index in [-0.39, 0.29) is 58.0 Å². The molecule has 0 aliphatic carbocycles. The molecule has 13 N–H and O–H groups in total. The van der Waals surface area contributed by atoms with Crippen LogP contribution in [-0.4, -0.2) is 247 Å². The maximum Gasteiger partial charge on any atom is 0.308 e. The van der Waals surface area contributed by atoms with Crippen LogP contribution in [0.4, 0.5) is 0 Å². The van der Waals surface area contributed by atoms with Crippen molar-refractivity contribution in [3.63, 3.8) is 0 Å². The van der Waals surface area contributed by atoms with Crippen molar-refractivity contribution in [2.45, 2.75) is 177 Å². The van der Waals surface area contributed by atoms with Crippen LogP contribution in [0.15, 0.2) is 85.1 Å². The molecule has 0 spiro atoms. The molecule has 0 radical (unpaired) electrons. The largest absolute Gasteiger partial charge is 0.462 e. The van der Waals surface area contributed by atoms with E-state index in [1.54, 1.807) is 82.6 Å². The first-order chi connectivity index (χ1) is 40.2. The molecule has 3 rings (SSSR count). The first-order valence-corrected chi connectivity index (χ1v) is 29.3. The Kier molecular flexibility index (Phi) is 37.5. The van der Waals surface area contributed by atoms with Gasteiger partial charge < -0.3 is 109 Å². The van der Waals surface area contributed by atoms with Crippen LogP contribution >= 0.6 is 0 Å². The lowest BCUT2D eigenvalue weighted by Crippen LogP contribution is -2.62. The smallest absolute Gasteiger partial charge is 0.308 e. The van der Waals surface area contributed by atoms with Gasteiger partial charge in [-0.25, -0.2) is 0 Å². The van der Waals surface area contributed by atoms with Crippen molar-refractivity contribution in [3.05, 3.63) is 85.1 Å². The zero-order valence-corrected chi connectivity index (χ0v) is 49.6. The molecule has 1 amide bonds. The number of carbonyl (C=O) groups excluding carboxylic acids is 2. The number of hydrogen-bond acceptors (Lipinski definition) is 23. The molecule has 2 bridgehead atoms. The standard InChI is InChI=1S/C60H100N2O22/c1-40-18-16-14-12-10-8-6-7-9-11-13-15-17-19-47(83-59-57(72)54(61)56(71)43(4)82-59)37-51-53(58(73)62-22-23-76-26-27-78-30-31-80-33-32-79-29-28-77-25-24-75-5)50(68)39-60(74,84-51)38-46(65)35-49(67)48(66)21-20-44(63)34-45(64)36-52(69)81-42(3)41(2)55(40)70/h6-19,40-51,53-57,59,63-68,70-72,74H,20-39,61H2,1-5H3,(H,62,73)/t40-,41-,42-,43+,44+,45+,46-,47-,48+,49+,50-,51-,53+,54-,55+,56+,57-,59-,60+/m0/s1. The fourth-order valence-corrected chi connectivity index (χ4v) is 9.48. The van der Waals surface area contributed by atoms with Crippen molar-refractivity contribution in [1.82, 2.24) is 5.32 Å². The van der Waals surface area contributed by atoms with Crippen LogP contribution < -0.4 is 11.1 Å². The number of aliphatic hydroxyl groups is 10. The van der Waals surface area contributed by atoms with Crippen LogP contribution in [0.1, 0.15) is 79.1 Å². The summed E-state index contributed by atoms with van der Waals surface area (Å²) in [4.78, 5) is 26.8. The second-order valence-corrected chi connectivity index (χ2v) is 21.6. The molecule has 24 heteroatoms. The van der Waals surface area contributed by atoms with Crippen LogP contribution in [-0.2, 0) is 57.0 Å².